The molecular weight excluding hydrogens is 260 g/mol. The molecule has 1 rings (SSSR count). The van der Waals surface area contributed by atoms with Gasteiger partial charge in [0.1, 0.15) is 5.60 Å². The van der Waals surface area contributed by atoms with Crippen molar-refractivity contribution in [2.45, 2.75) is 45.8 Å². The van der Waals surface area contributed by atoms with E-state index in [9.17, 15) is 9.59 Å². The Labute approximate surface area is 120 Å². The standard InChI is InChI=1S/C14H26N2O4/c1-10-6-11(15-13(18)19-5)8-16(7-10)9-12(17)20-14(2,3)4/h10-11H,6-9H2,1-5H3,(H,15,18). The summed E-state index contributed by atoms with van der Waals surface area (Å²) < 4.78 is 9.93. The first-order chi connectivity index (χ1) is 9.19. The maximum absolute atomic E-state index is 11.8. The predicted molar refractivity (Wildman–Crippen MR) is 75.4 cm³/mol. The highest BCUT2D eigenvalue weighted by molar-refractivity contribution is 5.72. The van der Waals surface area contributed by atoms with Crippen LogP contribution in [-0.4, -0.2) is 55.3 Å². The predicted octanol–water partition coefficient (Wildman–Crippen LogP) is 1.39. The summed E-state index contributed by atoms with van der Waals surface area (Å²) in [6, 6.07) is 0.00800. The van der Waals surface area contributed by atoms with Gasteiger partial charge in [0.05, 0.1) is 13.7 Å². The smallest absolute Gasteiger partial charge is 0.407 e. The van der Waals surface area contributed by atoms with Gasteiger partial charge in [0.25, 0.3) is 0 Å². The lowest BCUT2D eigenvalue weighted by Gasteiger charge is -2.36. The van der Waals surface area contributed by atoms with E-state index in [2.05, 4.69) is 17.0 Å². The lowest BCUT2D eigenvalue weighted by Crippen LogP contribution is -2.51. The van der Waals surface area contributed by atoms with E-state index in [4.69, 9.17) is 4.74 Å². The number of nitrogens with one attached hydrogen (secondary N) is 1. The molecule has 0 radical (unpaired) electrons. The van der Waals surface area contributed by atoms with Crippen LogP contribution in [0.2, 0.25) is 0 Å². The van der Waals surface area contributed by atoms with Crippen molar-refractivity contribution in [2.24, 2.45) is 5.92 Å². The van der Waals surface area contributed by atoms with Gasteiger partial charge in [0.2, 0.25) is 0 Å². The van der Waals surface area contributed by atoms with Gasteiger partial charge in [-0.25, -0.2) is 4.79 Å². The number of alkyl carbamates (subject to hydrolysis) is 1. The molecular formula is C14H26N2O4. The molecule has 1 aliphatic rings. The average molecular weight is 286 g/mol. The molecule has 0 saturated carbocycles. The van der Waals surface area contributed by atoms with Crippen LogP contribution in [0, 0.1) is 5.92 Å². The van der Waals surface area contributed by atoms with Crippen molar-refractivity contribution in [1.82, 2.24) is 10.2 Å². The molecule has 1 fully saturated rings. The molecule has 0 aromatic rings. The van der Waals surface area contributed by atoms with Crippen molar-refractivity contribution in [3.05, 3.63) is 0 Å². The maximum Gasteiger partial charge on any atom is 0.407 e. The Kier molecular flexibility index (Phi) is 5.80. The Morgan fingerprint density at radius 2 is 1.95 bits per heavy atom. The van der Waals surface area contributed by atoms with E-state index < -0.39 is 11.7 Å². The Hall–Kier alpha value is -1.30. The lowest BCUT2D eigenvalue weighted by molar-refractivity contribution is -0.156. The minimum atomic E-state index is -0.470. The molecule has 2 atom stereocenters. The van der Waals surface area contributed by atoms with Gasteiger partial charge in [-0.1, -0.05) is 6.92 Å². The second-order valence-electron chi connectivity index (χ2n) is 6.45. The fourth-order valence-electron chi connectivity index (χ4n) is 2.48. The maximum atomic E-state index is 11.8. The first-order valence-electron chi connectivity index (χ1n) is 6.98. The van der Waals surface area contributed by atoms with E-state index in [0.717, 1.165) is 13.0 Å². The fourth-order valence-corrected chi connectivity index (χ4v) is 2.48. The first-order valence-corrected chi connectivity index (χ1v) is 6.98. The van der Waals surface area contributed by atoms with E-state index in [0.29, 0.717) is 12.5 Å². The second kappa shape index (κ2) is 6.92. The lowest BCUT2D eigenvalue weighted by atomic mass is 9.96. The molecule has 116 valence electrons. The Balaban J connectivity index is 2.49. The van der Waals surface area contributed by atoms with Crippen LogP contribution in [0.5, 0.6) is 0 Å². The SMILES string of the molecule is COC(=O)NC1CC(C)CN(CC(=O)OC(C)(C)C)C1. The van der Waals surface area contributed by atoms with Crippen molar-refractivity contribution >= 4 is 12.1 Å². The molecule has 1 amide bonds. The van der Waals surface area contributed by atoms with Gasteiger partial charge < -0.3 is 14.8 Å². The molecule has 0 aliphatic carbocycles. The van der Waals surface area contributed by atoms with Crippen molar-refractivity contribution in [3.63, 3.8) is 0 Å². The van der Waals surface area contributed by atoms with E-state index >= 15 is 0 Å². The molecule has 0 spiro atoms. The van der Waals surface area contributed by atoms with Crippen molar-refractivity contribution in [1.29, 1.82) is 0 Å². The van der Waals surface area contributed by atoms with Gasteiger partial charge in [0.15, 0.2) is 0 Å². The van der Waals surface area contributed by atoms with Crippen LogP contribution < -0.4 is 5.32 Å². The molecule has 20 heavy (non-hydrogen) atoms. The zero-order valence-electron chi connectivity index (χ0n) is 13.1. The monoisotopic (exact) mass is 286 g/mol. The third kappa shape index (κ3) is 6.23. The summed E-state index contributed by atoms with van der Waals surface area (Å²) in [5, 5.41) is 2.80. The molecule has 1 aliphatic heterocycles. The first kappa shape index (κ1) is 16.8. The van der Waals surface area contributed by atoms with Crippen LogP contribution in [0.1, 0.15) is 34.1 Å². The molecule has 6 heteroatoms. The number of carbonyl (C=O) groups is 2. The summed E-state index contributed by atoms with van der Waals surface area (Å²) in [6.45, 7) is 9.38. The normalized spacial score (nSPS) is 24.1. The van der Waals surface area contributed by atoms with Gasteiger partial charge in [-0.05, 0) is 33.1 Å². The van der Waals surface area contributed by atoms with Crippen LogP contribution in [-0.2, 0) is 14.3 Å². The highest BCUT2D eigenvalue weighted by Gasteiger charge is 2.28. The third-order valence-electron chi connectivity index (χ3n) is 3.02. The number of likely N-dealkylation sites (tertiary alicyclic amines) is 1. The number of methoxy groups -OCH3 is 1. The van der Waals surface area contributed by atoms with E-state index in [-0.39, 0.29) is 18.6 Å². The summed E-state index contributed by atoms with van der Waals surface area (Å²) in [7, 11) is 1.35. The van der Waals surface area contributed by atoms with Gasteiger partial charge in [-0.3, -0.25) is 9.69 Å². The number of hydrogen-bond donors (Lipinski definition) is 1. The minimum Gasteiger partial charge on any atom is -0.459 e. The van der Waals surface area contributed by atoms with Crippen molar-refractivity contribution in [3.8, 4) is 0 Å². The summed E-state index contributed by atoms with van der Waals surface area (Å²) >= 11 is 0. The third-order valence-corrected chi connectivity index (χ3v) is 3.02. The van der Waals surface area contributed by atoms with Crippen LogP contribution in [0.4, 0.5) is 4.79 Å². The Morgan fingerprint density at radius 3 is 2.50 bits per heavy atom. The number of nitrogens with zero attached hydrogens (tertiary/aromatic N) is 1. The number of rotatable bonds is 3. The zero-order valence-corrected chi connectivity index (χ0v) is 13.1. The largest absolute Gasteiger partial charge is 0.459 e. The Morgan fingerprint density at radius 1 is 1.30 bits per heavy atom. The number of esters is 1. The molecule has 0 bridgehead atoms. The molecule has 1 saturated heterocycles. The highest BCUT2D eigenvalue weighted by atomic mass is 16.6. The average Bonchev–Trinajstić information content (AvgIpc) is 2.24. The van der Waals surface area contributed by atoms with Gasteiger partial charge in [0, 0.05) is 19.1 Å². The molecule has 2 unspecified atom stereocenters. The van der Waals surface area contributed by atoms with Gasteiger partial charge >= 0.3 is 12.1 Å². The fraction of sp³-hybridized carbons (Fsp3) is 0.857. The van der Waals surface area contributed by atoms with Crippen LogP contribution in [0.15, 0.2) is 0 Å². The number of piperidine rings is 1. The van der Waals surface area contributed by atoms with Crippen molar-refractivity contribution in [2.75, 3.05) is 26.7 Å². The van der Waals surface area contributed by atoms with Crippen LogP contribution in [0.3, 0.4) is 0 Å². The summed E-state index contributed by atoms with van der Waals surface area (Å²) in [5.74, 6) is 0.178. The van der Waals surface area contributed by atoms with Crippen LogP contribution in [0.25, 0.3) is 0 Å². The minimum absolute atomic E-state index is 0.00800. The highest BCUT2D eigenvalue weighted by Crippen LogP contribution is 2.17. The van der Waals surface area contributed by atoms with Gasteiger partial charge in [-0.15, -0.1) is 0 Å². The van der Waals surface area contributed by atoms with Crippen LogP contribution >= 0.6 is 0 Å². The topological polar surface area (TPSA) is 67.9 Å². The van der Waals surface area contributed by atoms with Crippen molar-refractivity contribution < 1.29 is 19.1 Å². The van der Waals surface area contributed by atoms with E-state index in [1.807, 2.05) is 25.7 Å². The van der Waals surface area contributed by atoms with Gasteiger partial charge in [-0.2, -0.15) is 0 Å². The number of hydrogen-bond acceptors (Lipinski definition) is 5. The summed E-state index contributed by atoms with van der Waals surface area (Å²) in [5.41, 5.74) is -0.470. The quantitative estimate of drug-likeness (QED) is 0.794. The molecule has 1 N–H and O–H groups in total. The molecule has 6 nitrogen and oxygen atoms in total. The van der Waals surface area contributed by atoms with E-state index in [1.54, 1.807) is 0 Å². The molecule has 0 aromatic carbocycles. The second-order valence-corrected chi connectivity index (χ2v) is 6.45. The number of carbonyl (C=O) groups excluding carboxylic acids is 2. The number of amides is 1. The Bertz CT molecular complexity index is 352. The zero-order chi connectivity index (χ0) is 15.3. The molecule has 0 aromatic heterocycles. The molecule has 1 heterocycles. The summed E-state index contributed by atoms with van der Waals surface area (Å²) in [6.07, 6.45) is 0.459. The van der Waals surface area contributed by atoms with E-state index in [1.165, 1.54) is 7.11 Å². The number of ether oxygens (including phenoxy) is 2. The summed E-state index contributed by atoms with van der Waals surface area (Å²) in [4.78, 5) is 25.1.